The first-order valence-electron chi connectivity index (χ1n) is 5.67. The van der Waals surface area contributed by atoms with Gasteiger partial charge in [-0.1, -0.05) is 24.3 Å². The number of hydrogen-bond acceptors (Lipinski definition) is 4. The molecule has 0 radical (unpaired) electrons. The molecule has 96 valence electrons. The molecule has 17 heavy (non-hydrogen) atoms. The van der Waals surface area contributed by atoms with Crippen molar-refractivity contribution >= 4 is 26.6 Å². The summed E-state index contributed by atoms with van der Waals surface area (Å²) in [5.74, 6) is 0.793. The van der Waals surface area contributed by atoms with E-state index in [1.54, 1.807) is 14.2 Å². The fourth-order valence-corrected chi connectivity index (χ4v) is 4.37. The predicted octanol–water partition coefficient (Wildman–Crippen LogP) is 1.63. The van der Waals surface area contributed by atoms with E-state index in [9.17, 15) is 0 Å². The Morgan fingerprint density at radius 1 is 1.18 bits per heavy atom. The van der Waals surface area contributed by atoms with Gasteiger partial charge in [0.15, 0.2) is 0 Å². The highest BCUT2D eigenvalue weighted by atomic mass is 32.1. The molecule has 0 spiro atoms. The highest BCUT2D eigenvalue weighted by Gasteiger charge is 2.42. The van der Waals surface area contributed by atoms with E-state index in [1.807, 2.05) is 25.1 Å². The third-order valence-corrected chi connectivity index (χ3v) is 5.71. The second kappa shape index (κ2) is 7.18. The van der Waals surface area contributed by atoms with Crippen LogP contribution in [0.4, 0.5) is 0 Å². The SMILES string of the molecule is CCO[Si](OC)(OC)c1ccccc1CCS. The van der Waals surface area contributed by atoms with Crippen LogP contribution in [0.2, 0.25) is 0 Å². The monoisotopic (exact) mass is 272 g/mol. The Morgan fingerprint density at radius 2 is 1.82 bits per heavy atom. The largest absolute Gasteiger partial charge is 0.536 e. The maximum absolute atomic E-state index is 5.77. The number of benzene rings is 1. The van der Waals surface area contributed by atoms with Crippen molar-refractivity contribution < 1.29 is 13.3 Å². The van der Waals surface area contributed by atoms with E-state index in [2.05, 4.69) is 18.7 Å². The van der Waals surface area contributed by atoms with Crippen molar-refractivity contribution in [2.24, 2.45) is 0 Å². The van der Waals surface area contributed by atoms with Crippen molar-refractivity contribution in [3.8, 4) is 0 Å². The van der Waals surface area contributed by atoms with Crippen LogP contribution >= 0.6 is 12.6 Å². The van der Waals surface area contributed by atoms with E-state index in [-0.39, 0.29) is 0 Å². The summed E-state index contributed by atoms with van der Waals surface area (Å²) in [4.78, 5) is 0. The van der Waals surface area contributed by atoms with E-state index in [0.29, 0.717) is 6.61 Å². The van der Waals surface area contributed by atoms with Crippen molar-refractivity contribution in [3.05, 3.63) is 29.8 Å². The molecule has 5 heteroatoms. The Morgan fingerprint density at radius 3 is 2.35 bits per heavy atom. The van der Waals surface area contributed by atoms with Gasteiger partial charge in [0, 0.05) is 26.0 Å². The summed E-state index contributed by atoms with van der Waals surface area (Å²) in [6, 6.07) is 8.09. The smallest absolute Gasteiger partial charge is 0.373 e. The zero-order valence-electron chi connectivity index (χ0n) is 10.6. The predicted molar refractivity (Wildman–Crippen MR) is 75.0 cm³/mol. The van der Waals surface area contributed by atoms with Crippen molar-refractivity contribution in [2.75, 3.05) is 26.6 Å². The molecule has 3 nitrogen and oxygen atoms in total. The molecule has 0 N–H and O–H groups in total. The molecule has 0 aliphatic heterocycles. The lowest BCUT2D eigenvalue weighted by molar-refractivity contribution is 0.119. The minimum absolute atomic E-state index is 0.573. The Kier molecular flexibility index (Phi) is 6.22. The van der Waals surface area contributed by atoms with Crippen LogP contribution < -0.4 is 5.19 Å². The summed E-state index contributed by atoms with van der Waals surface area (Å²) in [6.07, 6.45) is 0.883. The summed E-state index contributed by atoms with van der Waals surface area (Å²) < 4.78 is 16.9. The quantitative estimate of drug-likeness (QED) is 0.604. The fraction of sp³-hybridized carbons (Fsp3) is 0.500. The average Bonchev–Trinajstić information content (AvgIpc) is 2.37. The van der Waals surface area contributed by atoms with E-state index in [0.717, 1.165) is 17.4 Å². The molecular formula is C12H20O3SSi. The van der Waals surface area contributed by atoms with Gasteiger partial charge in [0.25, 0.3) is 0 Å². The van der Waals surface area contributed by atoms with Gasteiger partial charge in [-0.2, -0.15) is 12.6 Å². The maximum Gasteiger partial charge on any atom is 0.536 e. The van der Waals surface area contributed by atoms with E-state index < -0.39 is 8.80 Å². The van der Waals surface area contributed by atoms with E-state index in [1.165, 1.54) is 5.56 Å². The molecule has 0 unspecified atom stereocenters. The minimum Gasteiger partial charge on any atom is -0.373 e. The molecule has 0 saturated heterocycles. The van der Waals surface area contributed by atoms with Crippen LogP contribution in [0.3, 0.4) is 0 Å². The van der Waals surface area contributed by atoms with Crippen molar-refractivity contribution in [3.63, 3.8) is 0 Å². The topological polar surface area (TPSA) is 27.7 Å². The highest BCUT2D eigenvalue weighted by Crippen LogP contribution is 2.12. The summed E-state index contributed by atoms with van der Waals surface area (Å²) in [5.41, 5.74) is 1.19. The van der Waals surface area contributed by atoms with Gasteiger partial charge in [-0.3, -0.25) is 0 Å². The van der Waals surface area contributed by atoms with E-state index in [4.69, 9.17) is 13.3 Å². The third kappa shape index (κ3) is 3.32. The van der Waals surface area contributed by atoms with Gasteiger partial charge in [0.05, 0.1) is 0 Å². The van der Waals surface area contributed by atoms with Crippen LogP contribution in [-0.4, -0.2) is 35.4 Å². The molecule has 0 aliphatic carbocycles. The summed E-state index contributed by atoms with van der Waals surface area (Å²) in [7, 11) is 0.548. The van der Waals surface area contributed by atoms with Gasteiger partial charge in [-0.05, 0) is 24.7 Å². The molecule has 0 atom stereocenters. The Hall–Kier alpha value is -0.333. The first kappa shape index (κ1) is 14.7. The Balaban J connectivity index is 3.16. The van der Waals surface area contributed by atoms with Crippen LogP contribution in [0.5, 0.6) is 0 Å². The fourth-order valence-electron chi connectivity index (χ4n) is 1.85. The molecule has 0 fully saturated rings. The first-order chi connectivity index (χ1) is 8.24. The van der Waals surface area contributed by atoms with Gasteiger partial charge in [-0.25, -0.2) is 0 Å². The average molecular weight is 272 g/mol. The second-order valence-corrected chi connectivity index (χ2v) is 6.73. The summed E-state index contributed by atoms with van der Waals surface area (Å²) in [6.45, 7) is 2.52. The Bertz CT molecular complexity index is 342. The number of rotatable bonds is 7. The number of hydrogen-bond donors (Lipinski definition) is 1. The molecule has 0 amide bonds. The molecule has 1 aromatic rings. The van der Waals surface area contributed by atoms with Gasteiger partial charge in [0.1, 0.15) is 0 Å². The molecule has 0 aromatic heterocycles. The minimum atomic E-state index is -2.74. The van der Waals surface area contributed by atoms with Crippen LogP contribution in [0.15, 0.2) is 24.3 Å². The number of aryl methyl sites for hydroxylation is 1. The zero-order chi connectivity index (χ0) is 12.7. The lowest BCUT2D eigenvalue weighted by Crippen LogP contribution is -2.56. The molecule has 1 aromatic carbocycles. The van der Waals surface area contributed by atoms with Crippen molar-refractivity contribution in [2.45, 2.75) is 13.3 Å². The van der Waals surface area contributed by atoms with Crippen molar-refractivity contribution in [1.82, 2.24) is 0 Å². The van der Waals surface area contributed by atoms with Crippen LogP contribution in [0.25, 0.3) is 0 Å². The summed E-state index contributed by atoms with van der Waals surface area (Å²) >= 11 is 4.28. The zero-order valence-corrected chi connectivity index (χ0v) is 12.5. The van der Waals surface area contributed by atoms with Crippen LogP contribution in [-0.2, 0) is 19.7 Å². The normalized spacial score (nSPS) is 11.8. The molecule has 0 saturated carbocycles. The molecule has 0 heterocycles. The Labute approximate surface area is 110 Å². The standard InChI is InChI=1S/C12H20O3SSi/c1-4-15-17(13-2,14-3)12-8-6-5-7-11(12)9-10-16/h5-8,16H,4,9-10H2,1-3H3. The lowest BCUT2D eigenvalue weighted by Gasteiger charge is -2.27. The molecular weight excluding hydrogens is 252 g/mol. The van der Waals surface area contributed by atoms with Gasteiger partial charge in [0.2, 0.25) is 0 Å². The third-order valence-electron chi connectivity index (χ3n) is 2.60. The van der Waals surface area contributed by atoms with Gasteiger partial charge < -0.3 is 13.3 Å². The molecule has 0 bridgehead atoms. The molecule has 1 rings (SSSR count). The van der Waals surface area contributed by atoms with E-state index >= 15 is 0 Å². The van der Waals surface area contributed by atoms with Gasteiger partial charge in [-0.15, -0.1) is 0 Å². The number of thiol groups is 1. The lowest BCUT2D eigenvalue weighted by atomic mass is 10.2. The second-order valence-electron chi connectivity index (χ2n) is 3.53. The van der Waals surface area contributed by atoms with Crippen molar-refractivity contribution in [1.29, 1.82) is 0 Å². The van der Waals surface area contributed by atoms with Gasteiger partial charge >= 0.3 is 8.80 Å². The van der Waals surface area contributed by atoms with Crippen LogP contribution in [0, 0.1) is 0 Å². The highest BCUT2D eigenvalue weighted by molar-refractivity contribution is 7.80. The summed E-state index contributed by atoms with van der Waals surface area (Å²) in [5, 5.41) is 1.04. The maximum atomic E-state index is 5.77. The first-order valence-corrected chi connectivity index (χ1v) is 8.03. The van der Waals surface area contributed by atoms with Crippen LogP contribution in [0.1, 0.15) is 12.5 Å². The molecule has 0 aliphatic rings.